The molecular formula is C17H21FN4O2. The van der Waals surface area contributed by atoms with E-state index in [1.54, 1.807) is 18.3 Å². The molecule has 24 heavy (non-hydrogen) atoms. The van der Waals surface area contributed by atoms with E-state index >= 15 is 0 Å². The van der Waals surface area contributed by atoms with Crippen molar-refractivity contribution in [2.75, 3.05) is 44.7 Å². The van der Waals surface area contributed by atoms with Gasteiger partial charge in [0.05, 0.1) is 12.7 Å². The third kappa shape index (κ3) is 5.14. The molecule has 1 aromatic heterocycles. The summed E-state index contributed by atoms with van der Waals surface area (Å²) in [5, 5.41) is 11.1. The Balaban J connectivity index is 1.38. The second-order valence-corrected chi connectivity index (χ2v) is 5.59. The van der Waals surface area contributed by atoms with Gasteiger partial charge in [-0.3, -0.25) is 4.90 Å². The number of morpholine rings is 1. The van der Waals surface area contributed by atoms with Gasteiger partial charge in [0.15, 0.2) is 0 Å². The van der Waals surface area contributed by atoms with Crippen molar-refractivity contribution in [3.05, 3.63) is 48.4 Å². The molecule has 0 amide bonds. The zero-order valence-electron chi connectivity index (χ0n) is 13.4. The van der Waals surface area contributed by atoms with E-state index in [4.69, 9.17) is 9.47 Å². The molecule has 0 radical (unpaired) electrons. The summed E-state index contributed by atoms with van der Waals surface area (Å²) in [5.41, 5.74) is 0. The summed E-state index contributed by atoms with van der Waals surface area (Å²) in [6.45, 7) is 4.48. The van der Waals surface area contributed by atoms with E-state index in [0.717, 1.165) is 25.5 Å². The fraction of sp³-hybridized carbons (Fsp3) is 0.412. The van der Waals surface area contributed by atoms with Gasteiger partial charge >= 0.3 is 0 Å². The first-order valence-electron chi connectivity index (χ1n) is 8.03. The minimum Gasteiger partial charge on any atom is -0.492 e. The zero-order valence-corrected chi connectivity index (χ0v) is 13.4. The molecule has 0 bridgehead atoms. The summed E-state index contributed by atoms with van der Waals surface area (Å²) in [6, 6.07) is 9.81. The molecule has 1 atom stereocenters. The van der Waals surface area contributed by atoms with Crippen LogP contribution in [0.5, 0.6) is 5.75 Å². The number of nitrogens with zero attached hydrogens (tertiary/aromatic N) is 3. The predicted molar refractivity (Wildman–Crippen MR) is 88.6 cm³/mol. The Morgan fingerprint density at radius 2 is 2.17 bits per heavy atom. The average Bonchev–Trinajstić information content (AvgIpc) is 2.63. The lowest BCUT2D eigenvalue weighted by Crippen LogP contribution is -2.46. The fourth-order valence-corrected chi connectivity index (χ4v) is 2.54. The molecule has 0 aliphatic carbocycles. The number of hydrogen-bond acceptors (Lipinski definition) is 6. The van der Waals surface area contributed by atoms with Crippen molar-refractivity contribution in [3.63, 3.8) is 0 Å². The Morgan fingerprint density at radius 3 is 2.96 bits per heavy atom. The molecule has 6 nitrogen and oxygen atoms in total. The number of nitrogens with one attached hydrogen (secondary N) is 1. The van der Waals surface area contributed by atoms with Gasteiger partial charge < -0.3 is 14.8 Å². The molecule has 1 saturated heterocycles. The van der Waals surface area contributed by atoms with E-state index in [0.29, 0.717) is 25.5 Å². The third-order valence-corrected chi connectivity index (χ3v) is 3.80. The number of ether oxygens (including phenoxy) is 2. The molecular weight excluding hydrogens is 311 g/mol. The maximum Gasteiger partial charge on any atom is 0.148 e. The quantitative estimate of drug-likeness (QED) is 0.834. The van der Waals surface area contributed by atoms with Crippen molar-refractivity contribution in [1.29, 1.82) is 0 Å². The summed E-state index contributed by atoms with van der Waals surface area (Å²) in [6.07, 6.45) is 1.75. The smallest absolute Gasteiger partial charge is 0.148 e. The predicted octanol–water partition coefficient (Wildman–Crippen LogP) is 1.81. The summed E-state index contributed by atoms with van der Waals surface area (Å²) in [5.74, 6) is 1.18. The van der Waals surface area contributed by atoms with Crippen molar-refractivity contribution in [3.8, 4) is 5.75 Å². The molecule has 128 valence electrons. The molecule has 3 rings (SSSR count). The molecule has 0 saturated carbocycles. The monoisotopic (exact) mass is 332 g/mol. The van der Waals surface area contributed by atoms with E-state index in [2.05, 4.69) is 20.4 Å². The van der Waals surface area contributed by atoms with Gasteiger partial charge in [0.2, 0.25) is 0 Å². The molecule has 1 N–H and O–H groups in total. The first-order chi connectivity index (χ1) is 11.8. The molecule has 1 fully saturated rings. The Hall–Kier alpha value is -2.25. The van der Waals surface area contributed by atoms with Gasteiger partial charge in [-0.25, -0.2) is 4.39 Å². The molecule has 0 unspecified atom stereocenters. The van der Waals surface area contributed by atoms with Gasteiger partial charge in [-0.1, -0.05) is 0 Å². The number of anilines is 1. The van der Waals surface area contributed by atoms with Crippen LogP contribution in [0.4, 0.5) is 10.2 Å². The highest BCUT2D eigenvalue weighted by Crippen LogP contribution is 2.12. The molecule has 2 aromatic rings. The van der Waals surface area contributed by atoms with E-state index in [9.17, 15) is 4.39 Å². The van der Waals surface area contributed by atoms with Gasteiger partial charge in [-0.05, 0) is 36.4 Å². The standard InChI is InChI=1S/C17H21FN4O2/c18-14-3-5-15(6-4-14)23-10-8-22-9-11-24-16(13-22)12-19-17-2-1-7-20-21-17/h1-7,16H,8-13H2,(H,19,21)/t16-/m1/s1. The topological polar surface area (TPSA) is 59.5 Å². The molecule has 2 heterocycles. The van der Waals surface area contributed by atoms with Crippen LogP contribution in [-0.4, -0.2) is 60.6 Å². The first-order valence-corrected chi connectivity index (χ1v) is 8.03. The largest absolute Gasteiger partial charge is 0.492 e. The maximum atomic E-state index is 12.8. The lowest BCUT2D eigenvalue weighted by atomic mass is 10.2. The maximum absolute atomic E-state index is 12.8. The summed E-state index contributed by atoms with van der Waals surface area (Å²) >= 11 is 0. The highest BCUT2D eigenvalue weighted by molar-refractivity contribution is 5.31. The van der Waals surface area contributed by atoms with Crippen LogP contribution in [0.3, 0.4) is 0 Å². The van der Waals surface area contributed by atoms with Gasteiger partial charge in [0.1, 0.15) is 24.0 Å². The van der Waals surface area contributed by atoms with Crippen LogP contribution in [0.1, 0.15) is 0 Å². The minimum absolute atomic E-state index is 0.103. The fourth-order valence-electron chi connectivity index (χ4n) is 2.54. The van der Waals surface area contributed by atoms with Crippen molar-refractivity contribution in [2.45, 2.75) is 6.10 Å². The molecule has 0 spiro atoms. The Labute approximate surface area is 140 Å². The average molecular weight is 332 g/mol. The Kier molecular flexibility index (Phi) is 5.92. The minimum atomic E-state index is -0.256. The zero-order chi connectivity index (χ0) is 16.6. The van der Waals surface area contributed by atoms with Crippen LogP contribution in [0, 0.1) is 5.82 Å². The van der Waals surface area contributed by atoms with Crippen molar-refractivity contribution in [1.82, 2.24) is 15.1 Å². The van der Waals surface area contributed by atoms with Gasteiger partial charge in [-0.2, -0.15) is 5.10 Å². The number of halogens is 1. The van der Waals surface area contributed by atoms with Crippen LogP contribution in [0.25, 0.3) is 0 Å². The lowest BCUT2D eigenvalue weighted by Gasteiger charge is -2.32. The second-order valence-electron chi connectivity index (χ2n) is 5.59. The summed E-state index contributed by atoms with van der Waals surface area (Å²) < 4.78 is 24.3. The molecule has 1 aromatic carbocycles. The number of aromatic nitrogens is 2. The summed E-state index contributed by atoms with van der Waals surface area (Å²) in [7, 11) is 0. The van der Waals surface area contributed by atoms with Gasteiger partial charge in [0.25, 0.3) is 0 Å². The highest BCUT2D eigenvalue weighted by Gasteiger charge is 2.20. The van der Waals surface area contributed by atoms with E-state index < -0.39 is 0 Å². The van der Waals surface area contributed by atoms with Crippen LogP contribution in [-0.2, 0) is 4.74 Å². The third-order valence-electron chi connectivity index (χ3n) is 3.80. The van der Waals surface area contributed by atoms with Gasteiger partial charge in [0, 0.05) is 32.4 Å². The Morgan fingerprint density at radius 1 is 1.29 bits per heavy atom. The summed E-state index contributed by atoms with van der Waals surface area (Å²) in [4.78, 5) is 2.30. The SMILES string of the molecule is Fc1ccc(OCCN2CCO[C@H](CNc3cccnn3)C2)cc1. The molecule has 7 heteroatoms. The lowest BCUT2D eigenvalue weighted by molar-refractivity contribution is -0.0242. The van der Waals surface area contributed by atoms with Crippen molar-refractivity contribution >= 4 is 5.82 Å². The van der Waals surface area contributed by atoms with E-state index in [1.165, 1.54) is 12.1 Å². The van der Waals surface area contributed by atoms with E-state index in [1.807, 2.05) is 12.1 Å². The van der Waals surface area contributed by atoms with Crippen LogP contribution in [0.2, 0.25) is 0 Å². The van der Waals surface area contributed by atoms with Crippen molar-refractivity contribution < 1.29 is 13.9 Å². The normalized spacial score (nSPS) is 18.3. The number of hydrogen-bond donors (Lipinski definition) is 1. The molecule has 1 aliphatic heterocycles. The highest BCUT2D eigenvalue weighted by atomic mass is 19.1. The van der Waals surface area contributed by atoms with Crippen LogP contribution < -0.4 is 10.1 Å². The molecule has 1 aliphatic rings. The van der Waals surface area contributed by atoms with Crippen molar-refractivity contribution in [2.24, 2.45) is 0 Å². The van der Waals surface area contributed by atoms with Crippen LogP contribution >= 0.6 is 0 Å². The van der Waals surface area contributed by atoms with Crippen LogP contribution in [0.15, 0.2) is 42.6 Å². The first kappa shape index (κ1) is 16.6. The number of rotatable bonds is 7. The van der Waals surface area contributed by atoms with Gasteiger partial charge in [-0.15, -0.1) is 5.10 Å². The Bertz CT molecular complexity index is 612. The van der Waals surface area contributed by atoms with E-state index in [-0.39, 0.29) is 11.9 Å². The second kappa shape index (κ2) is 8.56. The number of benzene rings is 1.